The number of anilines is 1. The summed E-state index contributed by atoms with van der Waals surface area (Å²) in [6.45, 7) is 3.95. The Balaban J connectivity index is 1.44. The van der Waals surface area contributed by atoms with Crippen molar-refractivity contribution in [2.75, 3.05) is 5.32 Å². The van der Waals surface area contributed by atoms with Crippen molar-refractivity contribution in [1.82, 2.24) is 10.2 Å². The fourth-order valence-corrected chi connectivity index (χ4v) is 2.56. The van der Waals surface area contributed by atoms with Gasteiger partial charge in [0.1, 0.15) is 5.75 Å². The summed E-state index contributed by atoms with van der Waals surface area (Å²) in [7, 11) is 0. The summed E-state index contributed by atoms with van der Waals surface area (Å²) in [4.78, 5) is 12.1. The summed E-state index contributed by atoms with van der Waals surface area (Å²) in [6.07, 6.45) is 1.70. The van der Waals surface area contributed by atoms with E-state index in [2.05, 4.69) is 15.5 Å². The van der Waals surface area contributed by atoms with Crippen LogP contribution < -0.4 is 10.1 Å². The molecular weight excluding hydrogens is 342 g/mol. The highest BCUT2D eigenvalue weighted by Crippen LogP contribution is 2.19. The Bertz CT molecular complexity index is 858. The third kappa shape index (κ3) is 5.67. The molecule has 27 heavy (non-hydrogen) atoms. The van der Waals surface area contributed by atoms with Crippen LogP contribution in [0, 0.1) is 0 Å². The first-order valence-electron chi connectivity index (χ1n) is 9.04. The minimum atomic E-state index is -0.0460. The number of nitrogens with one attached hydrogen (secondary N) is 1. The van der Waals surface area contributed by atoms with Crippen LogP contribution in [0.15, 0.2) is 59.0 Å². The van der Waals surface area contributed by atoms with Gasteiger partial charge >= 0.3 is 0 Å². The van der Waals surface area contributed by atoms with Gasteiger partial charge in [-0.2, -0.15) is 0 Å². The molecule has 1 heterocycles. The molecular formula is C21H23N3O3. The summed E-state index contributed by atoms with van der Waals surface area (Å²) in [6, 6.07) is 17.0. The zero-order valence-corrected chi connectivity index (χ0v) is 15.5. The van der Waals surface area contributed by atoms with Gasteiger partial charge in [0.25, 0.3) is 0 Å². The average molecular weight is 365 g/mol. The molecule has 0 bridgehead atoms. The molecule has 3 rings (SSSR count). The maximum atomic E-state index is 12.1. The predicted octanol–water partition coefficient (Wildman–Crippen LogP) is 4.49. The number of amides is 1. The first-order valence-corrected chi connectivity index (χ1v) is 9.04. The lowest BCUT2D eigenvalue weighted by Crippen LogP contribution is -2.11. The van der Waals surface area contributed by atoms with Crippen molar-refractivity contribution in [2.24, 2.45) is 0 Å². The minimum absolute atomic E-state index is 0.0460. The van der Waals surface area contributed by atoms with Crippen molar-refractivity contribution in [3.05, 3.63) is 60.5 Å². The standard InChI is InChI=1S/C21H23N3O3/c1-15(2)26-18-13-11-17(12-14-18)22-19(25)9-6-10-20-23-24-21(27-20)16-7-4-3-5-8-16/h3-5,7-8,11-15H,6,9-10H2,1-2H3,(H,22,25). The summed E-state index contributed by atoms with van der Waals surface area (Å²) in [5, 5.41) is 11.0. The number of rotatable bonds is 8. The van der Waals surface area contributed by atoms with Gasteiger partial charge in [0.2, 0.25) is 17.7 Å². The van der Waals surface area contributed by atoms with Crippen LogP contribution in [0.4, 0.5) is 5.69 Å². The second-order valence-electron chi connectivity index (χ2n) is 6.46. The SMILES string of the molecule is CC(C)Oc1ccc(NC(=O)CCCc2nnc(-c3ccccc3)o2)cc1. The second-order valence-corrected chi connectivity index (χ2v) is 6.46. The Kier molecular flexibility index (Phi) is 6.20. The summed E-state index contributed by atoms with van der Waals surface area (Å²) >= 11 is 0. The molecule has 3 aromatic rings. The van der Waals surface area contributed by atoms with E-state index in [4.69, 9.17) is 9.15 Å². The zero-order valence-electron chi connectivity index (χ0n) is 15.5. The number of ether oxygens (including phenoxy) is 1. The molecule has 0 aliphatic heterocycles. The lowest BCUT2D eigenvalue weighted by Gasteiger charge is -2.10. The highest BCUT2D eigenvalue weighted by molar-refractivity contribution is 5.90. The number of aryl methyl sites for hydroxylation is 1. The Morgan fingerprint density at radius 2 is 1.81 bits per heavy atom. The molecule has 0 saturated heterocycles. The Morgan fingerprint density at radius 1 is 1.07 bits per heavy atom. The molecule has 0 unspecified atom stereocenters. The topological polar surface area (TPSA) is 77.2 Å². The van der Waals surface area contributed by atoms with Gasteiger partial charge in [0.15, 0.2) is 0 Å². The molecule has 0 spiro atoms. The molecule has 1 N–H and O–H groups in total. The van der Waals surface area contributed by atoms with E-state index in [-0.39, 0.29) is 12.0 Å². The number of carbonyl (C=O) groups excluding carboxylic acids is 1. The van der Waals surface area contributed by atoms with Crippen molar-refractivity contribution >= 4 is 11.6 Å². The highest BCUT2D eigenvalue weighted by Gasteiger charge is 2.09. The fourth-order valence-electron chi connectivity index (χ4n) is 2.56. The first kappa shape index (κ1) is 18.6. The Morgan fingerprint density at radius 3 is 2.52 bits per heavy atom. The van der Waals surface area contributed by atoms with Crippen LogP contribution in [-0.2, 0) is 11.2 Å². The van der Waals surface area contributed by atoms with Crippen LogP contribution in [0.1, 0.15) is 32.6 Å². The lowest BCUT2D eigenvalue weighted by atomic mass is 10.2. The number of carbonyl (C=O) groups is 1. The molecule has 0 radical (unpaired) electrons. The van der Waals surface area contributed by atoms with Gasteiger partial charge in [-0.15, -0.1) is 10.2 Å². The molecule has 2 aromatic carbocycles. The molecule has 6 nitrogen and oxygen atoms in total. The van der Waals surface area contributed by atoms with Gasteiger partial charge in [-0.1, -0.05) is 18.2 Å². The van der Waals surface area contributed by atoms with Crippen LogP contribution >= 0.6 is 0 Å². The maximum absolute atomic E-state index is 12.1. The number of benzene rings is 2. The van der Waals surface area contributed by atoms with E-state index in [9.17, 15) is 4.79 Å². The lowest BCUT2D eigenvalue weighted by molar-refractivity contribution is -0.116. The highest BCUT2D eigenvalue weighted by atomic mass is 16.5. The van der Waals surface area contributed by atoms with E-state index in [1.165, 1.54) is 0 Å². The van der Waals surface area contributed by atoms with Crippen molar-refractivity contribution in [2.45, 2.75) is 39.2 Å². The van der Waals surface area contributed by atoms with Gasteiger partial charge in [-0.3, -0.25) is 4.79 Å². The van der Waals surface area contributed by atoms with Crippen molar-refractivity contribution in [3.8, 4) is 17.2 Å². The quantitative estimate of drug-likeness (QED) is 0.636. The van der Waals surface area contributed by atoms with Crippen molar-refractivity contribution < 1.29 is 13.9 Å². The largest absolute Gasteiger partial charge is 0.491 e. The van der Waals surface area contributed by atoms with Crippen LogP contribution in [-0.4, -0.2) is 22.2 Å². The smallest absolute Gasteiger partial charge is 0.247 e. The van der Waals surface area contributed by atoms with Crippen LogP contribution in [0.2, 0.25) is 0 Å². The van der Waals surface area contributed by atoms with Crippen LogP contribution in [0.25, 0.3) is 11.5 Å². The molecule has 0 saturated carbocycles. The number of aromatic nitrogens is 2. The number of hydrogen-bond acceptors (Lipinski definition) is 5. The van der Waals surface area contributed by atoms with E-state index in [0.29, 0.717) is 31.0 Å². The van der Waals surface area contributed by atoms with Gasteiger partial charge in [-0.05, 0) is 56.7 Å². The molecule has 0 atom stereocenters. The van der Waals surface area contributed by atoms with E-state index in [1.54, 1.807) is 0 Å². The van der Waals surface area contributed by atoms with E-state index in [1.807, 2.05) is 68.4 Å². The van der Waals surface area contributed by atoms with Gasteiger partial charge in [-0.25, -0.2) is 0 Å². The molecule has 0 aliphatic carbocycles. The zero-order chi connectivity index (χ0) is 19.1. The molecule has 140 valence electrons. The van der Waals surface area contributed by atoms with Crippen molar-refractivity contribution in [3.63, 3.8) is 0 Å². The summed E-state index contributed by atoms with van der Waals surface area (Å²) in [5.41, 5.74) is 1.64. The third-order valence-electron chi connectivity index (χ3n) is 3.79. The maximum Gasteiger partial charge on any atom is 0.247 e. The summed E-state index contributed by atoms with van der Waals surface area (Å²) in [5.74, 6) is 1.78. The van der Waals surface area contributed by atoms with Crippen LogP contribution in [0.5, 0.6) is 5.75 Å². The van der Waals surface area contributed by atoms with Gasteiger partial charge in [0, 0.05) is 24.1 Å². The first-order chi connectivity index (χ1) is 13.1. The normalized spacial score (nSPS) is 10.8. The van der Waals surface area contributed by atoms with E-state index in [0.717, 1.165) is 17.0 Å². The fraction of sp³-hybridized carbons (Fsp3) is 0.286. The van der Waals surface area contributed by atoms with Gasteiger partial charge < -0.3 is 14.5 Å². The molecule has 1 amide bonds. The molecule has 1 aromatic heterocycles. The third-order valence-corrected chi connectivity index (χ3v) is 3.79. The van der Waals surface area contributed by atoms with Crippen molar-refractivity contribution in [1.29, 1.82) is 0 Å². The number of hydrogen-bond donors (Lipinski definition) is 1. The Hall–Kier alpha value is -3.15. The van der Waals surface area contributed by atoms with E-state index >= 15 is 0 Å². The van der Waals surface area contributed by atoms with Crippen LogP contribution in [0.3, 0.4) is 0 Å². The number of nitrogens with zero attached hydrogens (tertiary/aromatic N) is 2. The molecule has 0 fully saturated rings. The minimum Gasteiger partial charge on any atom is -0.491 e. The average Bonchev–Trinajstić information content (AvgIpc) is 3.13. The van der Waals surface area contributed by atoms with Gasteiger partial charge in [0.05, 0.1) is 6.10 Å². The summed E-state index contributed by atoms with van der Waals surface area (Å²) < 4.78 is 11.2. The molecule has 0 aliphatic rings. The second kappa shape index (κ2) is 8.98. The predicted molar refractivity (Wildman–Crippen MR) is 104 cm³/mol. The van der Waals surface area contributed by atoms with E-state index < -0.39 is 0 Å². The monoisotopic (exact) mass is 365 g/mol. The Labute approximate surface area is 158 Å². The molecule has 6 heteroatoms.